The van der Waals surface area contributed by atoms with Gasteiger partial charge in [0, 0.05) is 35.4 Å². The summed E-state index contributed by atoms with van der Waals surface area (Å²) in [4.78, 5) is 2.27. The highest BCUT2D eigenvalue weighted by Crippen LogP contribution is 2.29. The molecule has 0 aromatic carbocycles. The zero-order valence-corrected chi connectivity index (χ0v) is 12.4. The molecule has 0 spiro atoms. The first-order chi connectivity index (χ1) is 9.20. The summed E-state index contributed by atoms with van der Waals surface area (Å²) in [6.45, 7) is 3.75. The van der Waals surface area contributed by atoms with Crippen LogP contribution in [0.2, 0.25) is 5.02 Å². The second-order valence-electron chi connectivity index (χ2n) is 4.66. The molecule has 1 fully saturated rings. The van der Waals surface area contributed by atoms with Gasteiger partial charge in [0.1, 0.15) is 5.82 Å². The van der Waals surface area contributed by atoms with E-state index in [9.17, 15) is 4.21 Å². The quantitative estimate of drug-likeness (QED) is 0.852. The first-order valence-corrected chi connectivity index (χ1v) is 8.32. The van der Waals surface area contributed by atoms with Crippen molar-refractivity contribution in [3.8, 4) is 0 Å². The number of pyridine rings is 1. The van der Waals surface area contributed by atoms with Gasteiger partial charge in [-0.25, -0.2) is 4.52 Å². The molecule has 102 valence electrons. The second-order valence-corrected chi connectivity index (χ2v) is 6.76. The number of hydrogen-bond donors (Lipinski definition) is 0. The standard InChI is InChI=1S/C13H16ClN3OS/c1-2-10-9-11(14)12-3-4-15-17(12)13(10)16-5-7-19(18)8-6-16/h3-4,9H,2,5-8H2,1H3. The van der Waals surface area contributed by atoms with Crippen LogP contribution in [0.1, 0.15) is 12.5 Å². The van der Waals surface area contributed by atoms with Crippen molar-refractivity contribution in [2.45, 2.75) is 13.3 Å². The van der Waals surface area contributed by atoms with Crippen LogP contribution < -0.4 is 4.90 Å². The molecule has 0 aliphatic carbocycles. The van der Waals surface area contributed by atoms with E-state index in [0.717, 1.165) is 47.4 Å². The molecule has 2 aromatic rings. The smallest absolute Gasteiger partial charge is 0.134 e. The topological polar surface area (TPSA) is 37.6 Å². The average Bonchev–Trinajstić information content (AvgIpc) is 2.89. The second kappa shape index (κ2) is 5.13. The summed E-state index contributed by atoms with van der Waals surface area (Å²) < 4.78 is 13.4. The summed E-state index contributed by atoms with van der Waals surface area (Å²) in [5.41, 5.74) is 2.12. The molecule has 3 heterocycles. The lowest BCUT2D eigenvalue weighted by Crippen LogP contribution is -2.39. The highest BCUT2D eigenvalue weighted by Gasteiger charge is 2.21. The van der Waals surface area contributed by atoms with Crippen molar-refractivity contribution in [3.63, 3.8) is 0 Å². The summed E-state index contributed by atoms with van der Waals surface area (Å²) >= 11 is 6.29. The van der Waals surface area contributed by atoms with Gasteiger partial charge in [0.15, 0.2) is 0 Å². The van der Waals surface area contributed by atoms with Crippen molar-refractivity contribution >= 4 is 33.7 Å². The van der Waals surface area contributed by atoms with Crippen LogP contribution in [0.5, 0.6) is 0 Å². The van der Waals surface area contributed by atoms with Gasteiger partial charge in [-0.3, -0.25) is 4.21 Å². The van der Waals surface area contributed by atoms with E-state index in [-0.39, 0.29) is 0 Å². The van der Waals surface area contributed by atoms with Gasteiger partial charge in [-0.1, -0.05) is 18.5 Å². The van der Waals surface area contributed by atoms with Crippen molar-refractivity contribution in [2.24, 2.45) is 0 Å². The largest absolute Gasteiger partial charge is 0.354 e. The van der Waals surface area contributed by atoms with E-state index in [1.807, 2.05) is 16.6 Å². The molecule has 3 rings (SSSR count). The molecule has 0 amide bonds. The molecule has 6 heteroatoms. The Bertz CT molecular complexity index is 630. The Kier molecular flexibility index (Phi) is 3.50. The predicted octanol–water partition coefficient (Wildman–Crippen LogP) is 2.12. The summed E-state index contributed by atoms with van der Waals surface area (Å²) in [5, 5.41) is 5.13. The van der Waals surface area contributed by atoms with E-state index in [0.29, 0.717) is 0 Å². The Labute approximate surface area is 119 Å². The number of aryl methyl sites for hydroxylation is 1. The molecule has 0 saturated carbocycles. The molecule has 0 atom stereocenters. The molecule has 0 N–H and O–H groups in total. The van der Waals surface area contributed by atoms with E-state index >= 15 is 0 Å². The number of halogens is 1. The third-order valence-corrected chi connectivity index (χ3v) is 5.11. The normalized spacial score (nSPS) is 17.3. The molecular weight excluding hydrogens is 282 g/mol. The van der Waals surface area contributed by atoms with Crippen molar-refractivity contribution in [1.82, 2.24) is 9.61 Å². The van der Waals surface area contributed by atoms with Crippen LogP contribution in [0.3, 0.4) is 0 Å². The van der Waals surface area contributed by atoms with Gasteiger partial charge in [0.2, 0.25) is 0 Å². The zero-order valence-electron chi connectivity index (χ0n) is 10.8. The first kappa shape index (κ1) is 12.9. The number of aromatic nitrogens is 2. The van der Waals surface area contributed by atoms with E-state index in [2.05, 4.69) is 16.9 Å². The number of anilines is 1. The SMILES string of the molecule is CCc1cc(Cl)c2ccnn2c1N1CCS(=O)CC1. The van der Waals surface area contributed by atoms with Crippen molar-refractivity contribution < 1.29 is 4.21 Å². The van der Waals surface area contributed by atoms with Gasteiger partial charge < -0.3 is 4.90 Å². The highest BCUT2D eigenvalue weighted by atomic mass is 35.5. The lowest BCUT2D eigenvalue weighted by molar-refractivity contribution is 0.670. The molecule has 2 aromatic heterocycles. The molecule has 0 bridgehead atoms. The van der Waals surface area contributed by atoms with Gasteiger partial charge >= 0.3 is 0 Å². The Hall–Kier alpha value is -1.07. The van der Waals surface area contributed by atoms with Crippen molar-refractivity contribution in [1.29, 1.82) is 0 Å². The molecule has 19 heavy (non-hydrogen) atoms. The van der Waals surface area contributed by atoms with Gasteiger partial charge in [-0.15, -0.1) is 0 Å². The van der Waals surface area contributed by atoms with Crippen LogP contribution in [0.25, 0.3) is 5.52 Å². The Morgan fingerprint density at radius 3 is 2.84 bits per heavy atom. The zero-order chi connectivity index (χ0) is 13.4. The molecule has 4 nitrogen and oxygen atoms in total. The Morgan fingerprint density at radius 1 is 1.42 bits per heavy atom. The molecule has 1 aliphatic rings. The molecular formula is C13H16ClN3OS. The average molecular weight is 298 g/mol. The minimum Gasteiger partial charge on any atom is -0.354 e. The Morgan fingerprint density at radius 2 is 2.16 bits per heavy atom. The number of rotatable bonds is 2. The minimum absolute atomic E-state index is 0.669. The summed E-state index contributed by atoms with van der Waals surface area (Å²) in [6.07, 6.45) is 2.68. The van der Waals surface area contributed by atoms with Crippen LogP contribution in [-0.4, -0.2) is 38.4 Å². The maximum atomic E-state index is 11.5. The van der Waals surface area contributed by atoms with E-state index in [1.54, 1.807) is 6.20 Å². The van der Waals surface area contributed by atoms with Crippen LogP contribution >= 0.6 is 11.6 Å². The summed E-state index contributed by atoms with van der Waals surface area (Å²) in [7, 11) is -0.669. The van der Waals surface area contributed by atoms with Crippen LogP contribution in [0.4, 0.5) is 5.82 Å². The van der Waals surface area contributed by atoms with Crippen LogP contribution in [0.15, 0.2) is 18.3 Å². The lowest BCUT2D eigenvalue weighted by Gasteiger charge is -2.30. The molecule has 0 radical (unpaired) electrons. The number of hydrogen-bond acceptors (Lipinski definition) is 3. The molecule has 1 saturated heterocycles. The fraction of sp³-hybridized carbons (Fsp3) is 0.462. The third kappa shape index (κ3) is 2.25. The van der Waals surface area contributed by atoms with Crippen molar-refractivity contribution in [3.05, 3.63) is 28.9 Å². The summed E-state index contributed by atoms with van der Waals surface area (Å²) in [6, 6.07) is 3.95. The lowest BCUT2D eigenvalue weighted by atomic mass is 10.2. The Balaban J connectivity index is 2.13. The number of nitrogens with zero attached hydrogens (tertiary/aromatic N) is 3. The van der Waals surface area contributed by atoms with Gasteiger partial charge in [-0.05, 0) is 24.1 Å². The summed E-state index contributed by atoms with van der Waals surface area (Å²) in [5.74, 6) is 2.56. The van der Waals surface area contributed by atoms with Crippen LogP contribution in [-0.2, 0) is 17.2 Å². The third-order valence-electron chi connectivity index (χ3n) is 3.53. The maximum absolute atomic E-state index is 11.5. The molecule has 1 aliphatic heterocycles. The van der Waals surface area contributed by atoms with E-state index in [4.69, 9.17) is 11.6 Å². The minimum atomic E-state index is -0.669. The van der Waals surface area contributed by atoms with Gasteiger partial charge in [0.25, 0.3) is 0 Å². The molecule has 0 unspecified atom stereocenters. The maximum Gasteiger partial charge on any atom is 0.134 e. The first-order valence-electron chi connectivity index (χ1n) is 6.45. The number of fused-ring (bicyclic) bond motifs is 1. The predicted molar refractivity (Wildman–Crippen MR) is 79.7 cm³/mol. The fourth-order valence-electron chi connectivity index (χ4n) is 2.53. The van der Waals surface area contributed by atoms with E-state index < -0.39 is 10.8 Å². The monoisotopic (exact) mass is 297 g/mol. The van der Waals surface area contributed by atoms with Gasteiger partial charge in [-0.2, -0.15) is 5.10 Å². The fourth-order valence-corrected chi connectivity index (χ4v) is 3.85. The van der Waals surface area contributed by atoms with Crippen LogP contribution in [0, 0.1) is 0 Å². The van der Waals surface area contributed by atoms with Gasteiger partial charge in [0.05, 0.1) is 16.7 Å². The van der Waals surface area contributed by atoms with Crippen molar-refractivity contribution in [2.75, 3.05) is 29.5 Å². The van der Waals surface area contributed by atoms with E-state index in [1.165, 1.54) is 5.56 Å². The highest BCUT2D eigenvalue weighted by molar-refractivity contribution is 7.85.